The van der Waals surface area contributed by atoms with Crippen molar-refractivity contribution in [1.82, 2.24) is 5.32 Å². The lowest BCUT2D eigenvalue weighted by molar-refractivity contribution is 0.00628. The predicted molar refractivity (Wildman–Crippen MR) is 92.5 cm³/mol. The van der Waals surface area contributed by atoms with Crippen LogP contribution in [-0.4, -0.2) is 44.4 Å². The van der Waals surface area contributed by atoms with Gasteiger partial charge in [-0.1, -0.05) is 6.07 Å². The van der Waals surface area contributed by atoms with Gasteiger partial charge in [0.15, 0.2) is 25.4 Å². The predicted octanol–water partition coefficient (Wildman–Crippen LogP) is 1.18. The third-order valence-corrected chi connectivity index (χ3v) is 9.86. The minimum Gasteiger partial charge on any atom is -0.370 e. The molecule has 1 aromatic carbocycles. The van der Waals surface area contributed by atoms with E-state index in [0.29, 0.717) is 11.3 Å². The van der Waals surface area contributed by atoms with Gasteiger partial charge in [0.1, 0.15) is 11.1 Å². The molecule has 25 heavy (non-hydrogen) atoms. The number of hydrogen-bond donors (Lipinski definition) is 2. The Hall–Kier alpha value is -0.970. The second-order valence-corrected chi connectivity index (χ2v) is 11.8. The fourth-order valence-corrected chi connectivity index (χ4v) is 8.77. The smallest absolute Gasteiger partial charge is 0.177 e. The SMILES string of the molecule is O=S1(=O)CCC2=C1C(c1ccc(F)c(Br)c1)C1C(O)(CCS1(=O)=O)N2. The average Bonchev–Trinajstić information content (AvgIpc) is 2.94. The zero-order valence-electron chi connectivity index (χ0n) is 12.9. The second kappa shape index (κ2) is 5.28. The first-order chi connectivity index (χ1) is 11.6. The van der Waals surface area contributed by atoms with Crippen molar-refractivity contribution in [3.05, 3.63) is 44.7 Å². The fraction of sp³-hybridized carbons (Fsp3) is 0.467. The van der Waals surface area contributed by atoms with E-state index < -0.39 is 42.4 Å². The highest BCUT2D eigenvalue weighted by molar-refractivity contribution is 9.10. The summed E-state index contributed by atoms with van der Waals surface area (Å²) in [6.45, 7) is 0. The maximum Gasteiger partial charge on any atom is 0.177 e. The third-order valence-electron chi connectivity index (χ3n) is 5.13. The van der Waals surface area contributed by atoms with Gasteiger partial charge in [-0.25, -0.2) is 21.2 Å². The van der Waals surface area contributed by atoms with Crippen molar-refractivity contribution in [1.29, 1.82) is 0 Å². The molecule has 6 nitrogen and oxygen atoms in total. The van der Waals surface area contributed by atoms with Crippen LogP contribution < -0.4 is 5.32 Å². The first-order valence-corrected chi connectivity index (χ1v) is 11.8. The quantitative estimate of drug-likeness (QED) is 0.664. The Bertz CT molecular complexity index is 1020. The molecule has 4 rings (SSSR count). The van der Waals surface area contributed by atoms with E-state index in [2.05, 4.69) is 21.2 Å². The molecular weight excluding hydrogens is 437 g/mol. The number of fused-ring (bicyclic) bond motifs is 1. The summed E-state index contributed by atoms with van der Waals surface area (Å²) < 4.78 is 64.2. The van der Waals surface area contributed by atoms with Gasteiger partial charge in [-0.3, -0.25) is 0 Å². The number of aliphatic hydroxyl groups is 1. The number of nitrogens with one attached hydrogen (secondary N) is 1. The zero-order valence-corrected chi connectivity index (χ0v) is 16.1. The number of halogens is 2. The number of hydrogen-bond acceptors (Lipinski definition) is 6. The van der Waals surface area contributed by atoms with Crippen LogP contribution in [0.4, 0.5) is 4.39 Å². The summed E-state index contributed by atoms with van der Waals surface area (Å²) in [5.41, 5.74) is -1.01. The Morgan fingerprint density at radius 2 is 1.96 bits per heavy atom. The minimum absolute atomic E-state index is 0.00570. The average molecular weight is 452 g/mol. The molecule has 1 fully saturated rings. The van der Waals surface area contributed by atoms with E-state index in [1.165, 1.54) is 12.1 Å². The molecule has 0 aliphatic carbocycles. The molecule has 0 bridgehead atoms. The summed E-state index contributed by atoms with van der Waals surface area (Å²) in [6, 6.07) is 3.92. The Balaban J connectivity index is 2.01. The lowest BCUT2D eigenvalue weighted by Gasteiger charge is -2.41. The molecule has 3 atom stereocenters. The molecule has 0 spiro atoms. The monoisotopic (exact) mass is 451 g/mol. The van der Waals surface area contributed by atoms with E-state index in [1.807, 2.05) is 0 Å². The summed E-state index contributed by atoms with van der Waals surface area (Å²) >= 11 is 3.06. The van der Waals surface area contributed by atoms with E-state index in [9.17, 15) is 26.3 Å². The number of rotatable bonds is 1. The topological polar surface area (TPSA) is 101 Å². The van der Waals surface area contributed by atoms with Crippen LogP contribution in [0.3, 0.4) is 0 Å². The number of benzene rings is 1. The Morgan fingerprint density at radius 1 is 1.24 bits per heavy atom. The summed E-state index contributed by atoms with van der Waals surface area (Å²) in [4.78, 5) is 0.00570. The number of allylic oxidation sites excluding steroid dienone is 2. The fourth-order valence-electron chi connectivity index (χ4n) is 4.07. The standard InChI is InChI=1S/C15H15BrFNO5S2/c16-9-7-8(1-2-10(9)17)12-13-11(3-5-24(13,20)21)18-15(19)4-6-25(22,23)14(12)15/h1-2,7,12,14,18-19H,3-6H2. The van der Waals surface area contributed by atoms with E-state index in [1.54, 1.807) is 0 Å². The van der Waals surface area contributed by atoms with Crippen LogP contribution in [-0.2, 0) is 19.7 Å². The first-order valence-electron chi connectivity index (χ1n) is 7.68. The number of sulfone groups is 2. The molecule has 3 aliphatic rings. The highest BCUT2D eigenvalue weighted by Gasteiger charge is 2.61. The van der Waals surface area contributed by atoms with Gasteiger partial charge in [-0.05, 0) is 33.6 Å². The van der Waals surface area contributed by atoms with Crippen LogP contribution in [0.25, 0.3) is 0 Å². The van der Waals surface area contributed by atoms with Gasteiger partial charge in [0.25, 0.3) is 0 Å². The molecule has 3 heterocycles. The van der Waals surface area contributed by atoms with Crippen LogP contribution >= 0.6 is 15.9 Å². The molecule has 0 aromatic heterocycles. The summed E-state index contributed by atoms with van der Waals surface area (Å²) in [7, 11) is -7.39. The zero-order chi connectivity index (χ0) is 18.2. The molecule has 2 N–H and O–H groups in total. The van der Waals surface area contributed by atoms with E-state index in [0.717, 1.165) is 6.07 Å². The molecule has 3 unspecified atom stereocenters. The molecule has 0 amide bonds. The van der Waals surface area contributed by atoms with E-state index in [4.69, 9.17) is 0 Å². The van der Waals surface area contributed by atoms with Crippen molar-refractivity contribution in [2.45, 2.75) is 29.7 Å². The van der Waals surface area contributed by atoms with Gasteiger partial charge >= 0.3 is 0 Å². The van der Waals surface area contributed by atoms with Crippen molar-refractivity contribution >= 4 is 35.6 Å². The van der Waals surface area contributed by atoms with Crippen molar-refractivity contribution in [2.24, 2.45) is 0 Å². The van der Waals surface area contributed by atoms with Gasteiger partial charge in [0, 0.05) is 24.5 Å². The molecular formula is C15H15BrFNO5S2. The lowest BCUT2D eigenvalue weighted by Crippen LogP contribution is -2.58. The maximum atomic E-state index is 13.6. The minimum atomic E-state index is -3.73. The largest absolute Gasteiger partial charge is 0.370 e. The molecule has 3 aliphatic heterocycles. The van der Waals surface area contributed by atoms with Crippen LogP contribution in [0.1, 0.15) is 24.3 Å². The highest BCUT2D eigenvalue weighted by Crippen LogP contribution is 2.51. The maximum absolute atomic E-state index is 13.6. The van der Waals surface area contributed by atoms with Crippen molar-refractivity contribution < 1.29 is 26.3 Å². The van der Waals surface area contributed by atoms with Crippen LogP contribution in [0.15, 0.2) is 33.3 Å². The molecule has 10 heteroatoms. The van der Waals surface area contributed by atoms with Gasteiger partial charge in [0.2, 0.25) is 0 Å². The highest BCUT2D eigenvalue weighted by atomic mass is 79.9. The first kappa shape index (κ1) is 17.4. The van der Waals surface area contributed by atoms with Crippen molar-refractivity contribution in [3.63, 3.8) is 0 Å². The molecule has 0 radical (unpaired) electrons. The van der Waals surface area contributed by atoms with Gasteiger partial charge in [0.05, 0.1) is 20.9 Å². The molecule has 1 saturated heterocycles. The van der Waals surface area contributed by atoms with Crippen molar-refractivity contribution in [3.8, 4) is 0 Å². The Labute approximate surface area is 153 Å². The molecule has 136 valence electrons. The van der Waals surface area contributed by atoms with Gasteiger partial charge in [-0.2, -0.15) is 0 Å². The normalized spacial score (nSPS) is 35.2. The van der Waals surface area contributed by atoms with Crippen molar-refractivity contribution in [2.75, 3.05) is 11.5 Å². The Morgan fingerprint density at radius 3 is 2.64 bits per heavy atom. The Kier molecular flexibility index (Phi) is 3.68. The van der Waals surface area contributed by atoms with Crippen LogP contribution in [0.5, 0.6) is 0 Å². The van der Waals surface area contributed by atoms with E-state index in [-0.39, 0.29) is 33.7 Å². The van der Waals surface area contributed by atoms with Gasteiger partial charge < -0.3 is 10.4 Å². The summed E-state index contributed by atoms with van der Waals surface area (Å²) in [6.07, 6.45) is 0.182. The summed E-state index contributed by atoms with van der Waals surface area (Å²) in [5, 5.41) is 12.4. The van der Waals surface area contributed by atoms with Crippen LogP contribution in [0.2, 0.25) is 0 Å². The van der Waals surface area contributed by atoms with E-state index >= 15 is 0 Å². The third kappa shape index (κ3) is 2.48. The van der Waals surface area contributed by atoms with Crippen LogP contribution in [0, 0.1) is 5.82 Å². The summed E-state index contributed by atoms with van der Waals surface area (Å²) in [5.74, 6) is -1.96. The molecule has 1 aromatic rings. The second-order valence-electron chi connectivity index (χ2n) is 6.65. The van der Waals surface area contributed by atoms with Gasteiger partial charge in [-0.15, -0.1) is 0 Å². The lowest BCUT2D eigenvalue weighted by atomic mass is 9.84. The molecule has 0 saturated carbocycles.